The van der Waals surface area contributed by atoms with Crippen LogP contribution in [0.5, 0.6) is 0 Å². The van der Waals surface area contributed by atoms with Gasteiger partial charge in [-0.1, -0.05) is 18.0 Å². The number of halogens is 1. The Morgan fingerprint density at radius 1 is 1.37 bits per heavy atom. The first kappa shape index (κ1) is 24.6. The molecular formula is C25H29ClN8O. The summed E-state index contributed by atoms with van der Waals surface area (Å²) in [6, 6.07) is 5.31. The number of hydrogen-bond acceptors (Lipinski definition) is 5. The average Bonchev–Trinajstić information content (AvgIpc) is 3.26. The van der Waals surface area contributed by atoms with Gasteiger partial charge in [0.2, 0.25) is 6.54 Å². The Labute approximate surface area is 210 Å². The summed E-state index contributed by atoms with van der Waals surface area (Å²) in [6.45, 7) is 8.89. The maximum absolute atomic E-state index is 12.2. The van der Waals surface area contributed by atoms with Crippen LogP contribution in [0, 0.1) is 6.57 Å². The molecule has 1 atom stereocenters. The summed E-state index contributed by atoms with van der Waals surface area (Å²) >= 11 is 6.52. The molecule has 2 N–H and O–H groups in total. The van der Waals surface area contributed by atoms with Crippen molar-refractivity contribution in [1.29, 1.82) is 0 Å². The lowest BCUT2D eigenvalue weighted by atomic mass is 10.0. The topological polar surface area (TPSA) is 97.0 Å². The summed E-state index contributed by atoms with van der Waals surface area (Å²) in [5, 5.41) is 7.24. The van der Waals surface area contributed by atoms with Crippen LogP contribution in [0.1, 0.15) is 30.4 Å². The number of likely N-dealkylation sites (N-methyl/N-ethyl adjacent to an activating group) is 1. The summed E-state index contributed by atoms with van der Waals surface area (Å²) in [6.07, 6.45) is 8.94. The summed E-state index contributed by atoms with van der Waals surface area (Å²) in [5.74, 6) is 0. The number of aromatic nitrogens is 3. The fraction of sp³-hybridized carbons (Fsp3) is 0.400. The van der Waals surface area contributed by atoms with E-state index in [9.17, 15) is 4.79 Å². The maximum atomic E-state index is 12.2. The lowest BCUT2D eigenvalue weighted by molar-refractivity contribution is 0.139. The first-order valence-electron chi connectivity index (χ1n) is 11.6. The number of fused-ring (bicyclic) bond motifs is 1. The van der Waals surface area contributed by atoms with E-state index in [0.717, 1.165) is 48.0 Å². The number of hydrogen-bond donors (Lipinski definition) is 1. The van der Waals surface area contributed by atoms with Crippen molar-refractivity contribution < 1.29 is 4.79 Å². The number of amides is 2. The second kappa shape index (κ2) is 10.8. The monoisotopic (exact) mass is 492 g/mol. The van der Waals surface area contributed by atoms with Crippen LogP contribution in [0.3, 0.4) is 0 Å². The maximum Gasteiger partial charge on any atom is 0.335 e. The Kier molecular flexibility index (Phi) is 7.63. The molecule has 0 unspecified atom stereocenters. The van der Waals surface area contributed by atoms with E-state index < -0.39 is 6.03 Å². The van der Waals surface area contributed by atoms with Crippen LogP contribution >= 0.6 is 11.6 Å². The summed E-state index contributed by atoms with van der Waals surface area (Å²) in [5.41, 5.74) is 9.57. The first-order chi connectivity index (χ1) is 16.9. The van der Waals surface area contributed by atoms with Crippen LogP contribution in [0.15, 0.2) is 35.8 Å². The molecule has 1 aromatic carbocycles. The number of imidazole rings is 1. The van der Waals surface area contributed by atoms with Gasteiger partial charge in [-0.2, -0.15) is 5.10 Å². The Morgan fingerprint density at radius 2 is 2.20 bits per heavy atom. The summed E-state index contributed by atoms with van der Waals surface area (Å²) in [4.78, 5) is 26.9. The van der Waals surface area contributed by atoms with E-state index in [1.54, 1.807) is 18.7 Å². The Balaban J connectivity index is 1.76. The molecule has 2 aromatic heterocycles. The van der Waals surface area contributed by atoms with Crippen molar-refractivity contribution in [3.05, 3.63) is 58.3 Å². The predicted molar refractivity (Wildman–Crippen MR) is 138 cm³/mol. The number of primary amides is 1. The molecule has 3 aromatic rings. The van der Waals surface area contributed by atoms with Gasteiger partial charge in [-0.05, 0) is 50.2 Å². The highest BCUT2D eigenvalue weighted by Gasteiger charge is 2.23. The van der Waals surface area contributed by atoms with Crippen molar-refractivity contribution in [3.63, 3.8) is 0 Å². The normalized spacial score (nSPS) is 16.6. The molecule has 1 saturated heterocycles. The molecule has 0 radical (unpaired) electrons. The van der Waals surface area contributed by atoms with Crippen molar-refractivity contribution in [1.82, 2.24) is 24.4 Å². The number of nitrogens with zero attached hydrogens (tertiary/aromatic N) is 7. The zero-order valence-electron chi connectivity index (χ0n) is 20.0. The molecule has 10 heteroatoms. The largest absolute Gasteiger partial charge is 0.350 e. The van der Waals surface area contributed by atoms with Gasteiger partial charge in [-0.3, -0.25) is 0 Å². The van der Waals surface area contributed by atoms with Crippen molar-refractivity contribution in [2.24, 2.45) is 17.9 Å². The van der Waals surface area contributed by atoms with E-state index in [4.69, 9.17) is 28.9 Å². The second-order valence-electron chi connectivity index (χ2n) is 8.87. The highest BCUT2D eigenvalue weighted by Crippen LogP contribution is 2.29. The van der Waals surface area contributed by atoms with Gasteiger partial charge in [0, 0.05) is 35.5 Å². The minimum atomic E-state index is -0.591. The number of piperidine rings is 1. The minimum absolute atomic E-state index is 0.214. The third-order valence-electron chi connectivity index (χ3n) is 6.48. The van der Waals surface area contributed by atoms with Gasteiger partial charge in [0.05, 0.1) is 42.2 Å². The molecule has 0 bridgehead atoms. The highest BCUT2D eigenvalue weighted by atomic mass is 35.5. The van der Waals surface area contributed by atoms with Gasteiger partial charge in [-0.25, -0.2) is 26.3 Å². The molecule has 9 nitrogen and oxygen atoms in total. The van der Waals surface area contributed by atoms with Gasteiger partial charge in [0.15, 0.2) is 0 Å². The first-order valence-corrected chi connectivity index (χ1v) is 12.0. The Bertz CT molecular complexity index is 1290. The zero-order valence-corrected chi connectivity index (χ0v) is 20.7. The third kappa shape index (κ3) is 5.61. The summed E-state index contributed by atoms with van der Waals surface area (Å²) in [7, 11) is 3.97. The molecule has 2 amide bonds. The summed E-state index contributed by atoms with van der Waals surface area (Å²) < 4.78 is 1.88. The molecular weight excluding hydrogens is 464 g/mol. The Hall–Kier alpha value is -3.48. The van der Waals surface area contributed by atoms with Crippen LogP contribution < -0.4 is 5.73 Å². The van der Waals surface area contributed by atoms with Crippen LogP contribution in [-0.4, -0.2) is 69.4 Å². The van der Waals surface area contributed by atoms with Crippen molar-refractivity contribution >= 4 is 34.7 Å². The number of benzene rings is 1. The predicted octanol–water partition coefficient (Wildman–Crippen LogP) is 3.95. The van der Waals surface area contributed by atoms with Gasteiger partial charge in [0.25, 0.3) is 0 Å². The Morgan fingerprint density at radius 3 is 2.89 bits per heavy atom. The molecule has 3 heterocycles. The standard InChI is InChI=1S/C25H29ClN8O/c1-28-8-7-17-10-20-18(13-30-34(25(27)35)15-19-6-4-5-9-32(19)2)11-23(24-14-29-16-33(24)3)31-22(20)12-21(17)26/h10-14,16,19H,4-9,15H2,2-3H3,(H2,27,35)/b30-13+/t19-/m0/s1. The van der Waals surface area contributed by atoms with E-state index in [2.05, 4.69) is 26.9 Å². The zero-order chi connectivity index (χ0) is 24.9. The number of carbonyl (C=O) groups is 1. The van der Waals surface area contributed by atoms with Crippen molar-refractivity contribution in [2.75, 3.05) is 26.7 Å². The number of likely N-dealkylation sites (tertiary alicyclic amines) is 1. The number of carbonyl (C=O) groups excluding carboxylic acids is 1. The fourth-order valence-corrected chi connectivity index (χ4v) is 4.68. The van der Waals surface area contributed by atoms with Crippen LogP contribution in [-0.2, 0) is 13.5 Å². The van der Waals surface area contributed by atoms with E-state index in [-0.39, 0.29) is 6.04 Å². The van der Waals surface area contributed by atoms with Crippen LogP contribution in [0.25, 0.3) is 27.1 Å². The number of hydrazone groups is 1. The van der Waals surface area contributed by atoms with Crippen molar-refractivity contribution in [3.8, 4) is 11.4 Å². The highest BCUT2D eigenvalue weighted by molar-refractivity contribution is 6.32. The third-order valence-corrected chi connectivity index (χ3v) is 6.83. The van der Waals surface area contributed by atoms with Crippen molar-refractivity contribution in [2.45, 2.75) is 31.7 Å². The lowest BCUT2D eigenvalue weighted by Gasteiger charge is -2.34. The van der Waals surface area contributed by atoms with E-state index >= 15 is 0 Å². The molecule has 1 aliphatic heterocycles. The van der Waals surface area contributed by atoms with Crippen LogP contribution in [0.2, 0.25) is 5.02 Å². The van der Waals surface area contributed by atoms with Gasteiger partial charge < -0.3 is 20.0 Å². The molecule has 35 heavy (non-hydrogen) atoms. The molecule has 1 fully saturated rings. The molecule has 4 rings (SSSR count). The average molecular weight is 493 g/mol. The van der Waals surface area contributed by atoms with Gasteiger partial charge in [0.1, 0.15) is 0 Å². The van der Waals surface area contributed by atoms with E-state index in [1.807, 2.05) is 29.8 Å². The molecule has 0 saturated carbocycles. The van der Waals surface area contributed by atoms with E-state index in [0.29, 0.717) is 35.7 Å². The molecule has 0 spiro atoms. The smallest absolute Gasteiger partial charge is 0.335 e. The number of nitrogens with two attached hydrogens (primary N) is 1. The number of pyridine rings is 1. The van der Waals surface area contributed by atoms with Gasteiger partial charge >= 0.3 is 6.03 Å². The van der Waals surface area contributed by atoms with Gasteiger partial charge in [-0.15, -0.1) is 0 Å². The van der Waals surface area contributed by atoms with Crippen LogP contribution in [0.4, 0.5) is 4.79 Å². The minimum Gasteiger partial charge on any atom is -0.350 e. The molecule has 1 aliphatic rings. The van der Waals surface area contributed by atoms with E-state index in [1.165, 1.54) is 5.01 Å². The molecule has 0 aliphatic carbocycles. The SMILES string of the molecule is [C-]#[N+]CCc1cc2c(/C=N/N(C[C@@H]3CCCCN3C)C(N)=O)cc(-c3cncn3C)nc2cc1Cl. The quantitative estimate of drug-likeness (QED) is 0.307. The fourth-order valence-electron chi connectivity index (χ4n) is 4.43. The lowest BCUT2D eigenvalue weighted by Crippen LogP contribution is -2.46. The number of rotatable bonds is 7. The number of aryl methyl sites for hydroxylation is 1. The number of urea groups is 1. The second-order valence-corrected chi connectivity index (χ2v) is 9.28. The molecule has 182 valence electrons.